The number of aromatic nitrogens is 1. The number of ether oxygens (including phenoxy) is 1. The van der Waals surface area contributed by atoms with E-state index in [-0.39, 0.29) is 30.5 Å². The van der Waals surface area contributed by atoms with Crippen molar-refractivity contribution in [2.75, 3.05) is 25.5 Å². The number of anilines is 1. The number of carbonyl (C=O) groups excluding carboxylic acids is 1. The molecule has 0 aliphatic carbocycles. The molecule has 1 aromatic heterocycles. The van der Waals surface area contributed by atoms with Gasteiger partial charge in [0.05, 0.1) is 13.2 Å². The molecular formula is C10H14N4O4S. The van der Waals surface area contributed by atoms with Gasteiger partial charge in [-0.2, -0.15) is 4.31 Å². The molecule has 1 aliphatic rings. The van der Waals surface area contributed by atoms with E-state index in [4.69, 9.17) is 16.2 Å². The number of morpholine rings is 1. The van der Waals surface area contributed by atoms with Crippen molar-refractivity contribution in [1.82, 2.24) is 9.29 Å². The second kappa shape index (κ2) is 5.11. The molecule has 2 heterocycles. The van der Waals surface area contributed by atoms with E-state index in [9.17, 15) is 13.2 Å². The Morgan fingerprint density at radius 1 is 1.47 bits per heavy atom. The molecule has 1 unspecified atom stereocenters. The van der Waals surface area contributed by atoms with Crippen LogP contribution in [0.25, 0.3) is 0 Å². The van der Waals surface area contributed by atoms with Crippen molar-refractivity contribution in [3.63, 3.8) is 0 Å². The average Bonchev–Trinajstić information content (AvgIpc) is 2.39. The summed E-state index contributed by atoms with van der Waals surface area (Å²) in [6.45, 7) is 0.239. The Balaban J connectivity index is 2.37. The number of amides is 1. The van der Waals surface area contributed by atoms with Crippen LogP contribution < -0.4 is 11.5 Å². The number of pyridine rings is 1. The van der Waals surface area contributed by atoms with Gasteiger partial charge in [-0.05, 0) is 12.1 Å². The summed E-state index contributed by atoms with van der Waals surface area (Å²) in [6, 6.07) is 1.72. The van der Waals surface area contributed by atoms with Crippen LogP contribution in [0.5, 0.6) is 0 Å². The summed E-state index contributed by atoms with van der Waals surface area (Å²) in [7, 11) is -3.84. The molecule has 0 spiro atoms. The Morgan fingerprint density at radius 3 is 2.79 bits per heavy atom. The van der Waals surface area contributed by atoms with Crippen molar-refractivity contribution < 1.29 is 17.9 Å². The van der Waals surface area contributed by atoms with E-state index in [0.29, 0.717) is 0 Å². The van der Waals surface area contributed by atoms with Gasteiger partial charge in [0, 0.05) is 12.7 Å². The standard InChI is InChI=1S/C10H14N4O4S/c11-9-2-1-7(5-13-9)19(16,17)14-3-4-18-6-8(14)10(12)15/h1-2,5,8H,3-4,6H2,(H2,11,13)(H2,12,15). The van der Waals surface area contributed by atoms with Gasteiger partial charge in [0.15, 0.2) is 0 Å². The van der Waals surface area contributed by atoms with Crippen molar-refractivity contribution in [2.24, 2.45) is 5.73 Å². The molecule has 1 fully saturated rings. The number of nitrogens with two attached hydrogens (primary N) is 2. The highest BCUT2D eigenvalue weighted by Crippen LogP contribution is 2.20. The third-order valence-corrected chi connectivity index (χ3v) is 4.67. The van der Waals surface area contributed by atoms with Gasteiger partial charge >= 0.3 is 0 Å². The van der Waals surface area contributed by atoms with E-state index in [1.165, 1.54) is 12.1 Å². The summed E-state index contributed by atoms with van der Waals surface area (Å²) >= 11 is 0. The summed E-state index contributed by atoms with van der Waals surface area (Å²) in [5.41, 5.74) is 10.6. The minimum Gasteiger partial charge on any atom is -0.384 e. The molecule has 1 atom stereocenters. The Hall–Kier alpha value is -1.71. The molecule has 104 valence electrons. The maximum Gasteiger partial charge on any atom is 0.245 e. The Kier molecular flexibility index (Phi) is 3.69. The van der Waals surface area contributed by atoms with Crippen molar-refractivity contribution in [3.8, 4) is 0 Å². The van der Waals surface area contributed by atoms with E-state index in [2.05, 4.69) is 4.98 Å². The van der Waals surface area contributed by atoms with Gasteiger partial charge in [0.1, 0.15) is 16.8 Å². The number of rotatable bonds is 3. The first-order chi connectivity index (χ1) is 8.93. The first kappa shape index (κ1) is 13.7. The van der Waals surface area contributed by atoms with E-state index in [0.717, 1.165) is 10.5 Å². The average molecular weight is 286 g/mol. The van der Waals surface area contributed by atoms with Crippen LogP contribution in [0.15, 0.2) is 23.2 Å². The normalized spacial score (nSPS) is 21.2. The van der Waals surface area contributed by atoms with Crippen LogP contribution in [-0.4, -0.2) is 49.4 Å². The minimum atomic E-state index is -3.84. The third kappa shape index (κ3) is 2.67. The number of hydrogen-bond donors (Lipinski definition) is 2. The summed E-state index contributed by atoms with van der Waals surface area (Å²) in [6.07, 6.45) is 1.15. The smallest absolute Gasteiger partial charge is 0.245 e. The van der Waals surface area contributed by atoms with Crippen molar-refractivity contribution in [2.45, 2.75) is 10.9 Å². The highest BCUT2D eigenvalue weighted by Gasteiger charge is 2.37. The molecule has 1 aromatic rings. The number of nitrogen functional groups attached to an aromatic ring is 1. The van der Waals surface area contributed by atoms with Crippen LogP contribution >= 0.6 is 0 Å². The highest BCUT2D eigenvalue weighted by molar-refractivity contribution is 7.89. The Bertz CT molecular complexity index is 572. The van der Waals surface area contributed by atoms with Crippen molar-refractivity contribution >= 4 is 21.7 Å². The highest BCUT2D eigenvalue weighted by atomic mass is 32.2. The molecule has 4 N–H and O–H groups in total. The lowest BCUT2D eigenvalue weighted by atomic mass is 10.3. The molecule has 1 aliphatic heterocycles. The zero-order valence-corrected chi connectivity index (χ0v) is 10.8. The lowest BCUT2D eigenvalue weighted by Crippen LogP contribution is -2.54. The van der Waals surface area contributed by atoms with Gasteiger partial charge in [-0.15, -0.1) is 0 Å². The minimum absolute atomic E-state index is 0.0325. The Morgan fingerprint density at radius 2 is 2.21 bits per heavy atom. The molecule has 1 amide bonds. The van der Waals surface area contributed by atoms with E-state index >= 15 is 0 Å². The zero-order valence-electron chi connectivity index (χ0n) is 10.0. The van der Waals surface area contributed by atoms with Crippen LogP contribution in [0.4, 0.5) is 5.82 Å². The number of hydrogen-bond acceptors (Lipinski definition) is 6. The lowest BCUT2D eigenvalue weighted by Gasteiger charge is -2.32. The summed E-state index contributed by atoms with van der Waals surface area (Å²) in [5, 5.41) is 0. The Labute approximate surface area is 110 Å². The first-order valence-corrected chi connectivity index (χ1v) is 6.97. The van der Waals surface area contributed by atoms with Gasteiger partial charge in [0.2, 0.25) is 15.9 Å². The largest absolute Gasteiger partial charge is 0.384 e. The molecular weight excluding hydrogens is 272 g/mol. The maximum atomic E-state index is 12.4. The predicted octanol–water partition coefficient (Wildman–Crippen LogP) is -1.46. The molecule has 0 bridgehead atoms. The van der Waals surface area contributed by atoms with Gasteiger partial charge in [-0.3, -0.25) is 4.79 Å². The molecule has 1 saturated heterocycles. The van der Waals surface area contributed by atoms with Crippen LogP contribution in [0.1, 0.15) is 0 Å². The fourth-order valence-electron chi connectivity index (χ4n) is 1.78. The topological polar surface area (TPSA) is 129 Å². The summed E-state index contributed by atoms with van der Waals surface area (Å²) in [5.74, 6) is -0.529. The fraction of sp³-hybridized carbons (Fsp3) is 0.400. The maximum absolute atomic E-state index is 12.4. The quantitative estimate of drug-likeness (QED) is 0.698. The number of primary amides is 1. The van der Waals surface area contributed by atoms with Gasteiger partial charge in [0.25, 0.3) is 0 Å². The summed E-state index contributed by atoms with van der Waals surface area (Å²) in [4.78, 5) is 15.0. The lowest BCUT2D eigenvalue weighted by molar-refractivity contribution is -0.125. The summed E-state index contributed by atoms with van der Waals surface area (Å²) < 4.78 is 30.9. The molecule has 0 aromatic carbocycles. The second-order valence-electron chi connectivity index (χ2n) is 4.03. The van der Waals surface area contributed by atoms with Gasteiger partial charge in [-0.25, -0.2) is 13.4 Å². The van der Waals surface area contributed by atoms with E-state index in [1.54, 1.807) is 0 Å². The molecule has 0 radical (unpaired) electrons. The SMILES string of the molecule is NC(=O)C1COCCN1S(=O)(=O)c1ccc(N)nc1. The van der Waals surface area contributed by atoms with Crippen molar-refractivity contribution in [3.05, 3.63) is 18.3 Å². The molecule has 19 heavy (non-hydrogen) atoms. The predicted molar refractivity (Wildman–Crippen MR) is 66.3 cm³/mol. The third-order valence-electron chi connectivity index (χ3n) is 2.77. The van der Waals surface area contributed by atoms with Crippen LogP contribution in [0.2, 0.25) is 0 Å². The van der Waals surface area contributed by atoms with Crippen LogP contribution in [0, 0.1) is 0 Å². The number of sulfonamides is 1. The zero-order chi connectivity index (χ0) is 14.0. The van der Waals surface area contributed by atoms with Crippen molar-refractivity contribution in [1.29, 1.82) is 0 Å². The molecule has 9 heteroatoms. The monoisotopic (exact) mass is 286 g/mol. The second-order valence-corrected chi connectivity index (χ2v) is 5.92. The van der Waals surface area contributed by atoms with Gasteiger partial charge < -0.3 is 16.2 Å². The molecule has 2 rings (SSSR count). The van der Waals surface area contributed by atoms with Gasteiger partial charge in [-0.1, -0.05) is 0 Å². The van der Waals surface area contributed by atoms with Crippen LogP contribution in [0.3, 0.4) is 0 Å². The number of carbonyl (C=O) groups is 1. The van der Waals surface area contributed by atoms with E-state index in [1.807, 2.05) is 0 Å². The number of nitrogens with zero attached hydrogens (tertiary/aromatic N) is 2. The van der Waals surface area contributed by atoms with E-state index < -0.39 is 22.0 Å². The first-order valence-electron chi connectivity index (χ1n) is 5.53. The van der Waals surface area contributed by atoms with Crippen LogP contribution in [-0.2, 0) is 19.6 Å². The molecule has 8 nitrogen and oxygen atoms in total. The fourth-order valence-corrected chi connectivity index (χ4v) is 3.29. The molecule has 0 saturated carbocycles.